The van der Waals surface area contributed by atoms with Gasteiger partial charge in [-0.15, -0.1) is 0 Å². The fourth-order valence-electron chi connectivity index (χ4n) is 3.42. The molecule has 0 aliphatic carbocycles. The number of amides is 2. The molecule has 1 unspecified atom stereocenters. The van der Waals surface area contributed by atoms with Crippen molar-refractivity contribution in [2.75, 3.05) is 26.7 Å². The monoisotopic (exact) mass is 361 g/mol. The van der Waals surface area contributed by atoms with Crippen molar-refractivity contribution < 1.29 is 14.7 Å². The third kappa shape index (κ3) is 5.29. The smallest absolute Gasteiger partial charge is 0.256 e. The number of carbonyl (C=O) groups excluding carboxylic acids is 2. The van der Waals surface area contributed by atoms with Gasteiger partial charge in [-0.2, -0.15) is 0 Å². The number of hydrogen-bond donors (Lipinski definition) is 2. The average molecular weight is 361 g/mol. The van der Waals surface area contributed by atoms with Crippen molar-refractivity contribution in [1.82, 2.24) is 9.80 Å². The van der Waals surface area contributed by atoms with E-state index in [0.29, 0.717) is 32.0 Å². The van der Waals surface area contributed by atoms with Crippen LogP contribution < -0.4 is 5.73 Å². The molecule has 1 aromatic rings. The van der Waals surface area contributed by atoms with Crippen molar-refractivity contribution in [3.63, 3.8) is 0 Å². The lowest BCUT2D eigenvalue weighted by molar-refractivity contribution is -0.159. The van der Waals surface area contributed by atoms with Crippen molar-refractivity contribution in [2.45, 2.75) is 51.2 Å². The number of primary amides is 1. The third-order valence-electron chi connectivity index (χ3n) is 4.99. The number of hydrogen-bond acceptors (Lipinski definition) is 4. The topological polar surface area (TPSA) is 86.9 Å². The molecule has 6 heteroatoms. The second-order valence-corrected chi connectivity index (χ2v) is 7.71. The van der Waals surface area contributed by atoms with Crippen LogP contribution in [-0.4, -0.2) is 59.0 Å². The summed E-state index contributed by atoms with van der Waals surface area (Å²) in [5.74, 6) is -0.144. The summed E-state index contributed by atoms with van der Waals surface area (Å²) in [5, 5.41) is 10.9. The van der Waals surface area contributed by atoms with Crippen LogP contribution in [0.15, 0.2) is 24.3 Å². The lowest BCUT2D eigenvalue weighted by Crippen LogP contribution is -2.58. The molecular weight excluding hydrogens is 330 g/mol. The molecule has 144 valence electrons. The minimum Gasteiger partial charge on any atom is -0.379 e. The standard InChI is InChI=1S/C20H31N3O3/c1-15(2)17-7-5-16(6-8-17)13-23-11-4-10-20(26,19(23)25)14-22(3)12-9-18(21)24/h5-8,15,26H,4,9-14H2,1-3H3,(H2,21,24). The number of likely N-dealkylation sites (tertiary alicyclic amines) is 1. The molecule has 0 radical (unpaired) electrons. The van der Waals surface area contributed by atoms with E-state index in [0.717, 1.165) is 12.0 Å². The Morgan fingerprint density at radius 2 is 2.00 bits per heavy atom. The van der Waals surface area contributed by atoms with Gasteiger partial charge in [0, 0.05) is 32.6 Å². The van der Waals surface area contributed by atoms with Crippen LogP contribution in [0.4, 0.5) is 0 Å². The summed E-state index contributed by atoms with van der Waals surface area (Å²) in [5.41, 5.74) is 6.10. The molecule has 0 aromatic heterocycles. The second-order valence-electron chi connectivity index (χ2n) is 7.71. The van der Waals surface area contributed by atoms with E-state index >= 15 is 0 Å². The zero-order valence-electron chi connectivity index (χ0n) is 16.1. The molecule has 1 atom stereocenters. The van der Waals surface area contributed by atoms with Crippen molar-refractivity contribution >= 4 is 11.8 Å². The number of nitrogens with zero attached hydrogens (tertiary/aromatic N) is 2. The Balaban J connectivity index is 2.00. The van der Waals surface area contributed by atoms with Crippen LogP contribution in [0, 0.1) is 0 Å². The number of likely N-dealkylation sites (N-methyl/N-ethyl adjacent to an activating group) is 1. The van der Waals surface area contributed by atoms with Gasteiger partial charge < -0.3 is 20.6 Å². The maximum atomic E-state index is 12.9. The molecule has 0 bridgehead atoms. The van der Waals surface area contributed by atoms with Crippen molar-refractivity contribution in [1.29, 1.82) is 0 Å². The number of benzene rings is 1. The predicted octanol–water partition coefficient (Wildman–Crippen LogP) is 1.47. The molecule has 1 aliphatic heterocycles. The normalized spacial score (nSPS) is 20.8. The Morgan fingerprint density at radius 1 is 1.35 bits per heavy atom. The van der Waals surface area contributed by atoms with Crippen LogP contribution in [0.3, 0.4) is 0 Å². The van der Waals surface area contributed by atoms with E-state index in [1.54, 1.807) is 16.8 Å². The highest BCUT2D eigenvalue weighted by atomic mass is 16.3. The van der Waals surface area contributed by atoms with Gasteiger partial charge in [-0.25, -0.2) is 0 Å². The molecule has 1 fully saturated rings. The van der Waals surface area contributed by atoms with Gasteiger partial charge in [0.05, 0.1) is 0 Å². The van der Waals surface area contributed by atoms with Crippen molar-refractivity contribution in [2.24, 2.45) is 5.73 Å². The van der Waals surface area contributed by atoms with Gasteiger partial charge in [0.1, 0.15) is 0 Å². The van der Waals surface area contributed by atoms with Gasteiger partial charge in [-0.1, -0.05) is 38.1 Å². The zero-order chi connectivity index (χ0) is 19.3. The first-order valence-corrected chi connectivity index (χ1v) is 9.29. The van der Waals surface area contributed by atoms with Crippen molar-refractivity contribution in [3.8, 4) is 0 Å². The predicted molar refractivity (Wildman–Crippen MR) is 101 cm³/mol. The lowest BCUT2D eigenvalue weighted by atomic mass is 9.90. The average Bonchev–Trinajstić information content (AvgIpc) is 2.58. The molecule has 3 N–H and O–H groups in total. The van der Waals surface area contributed by atoms with Gasteiger partial charge >= 0.3 is 0 Å². The molecule has 1 heterocycles. The van der Waals surface area contributed by atoms with E-state index in [9.17, 15) is 14.7 Å². The highest BCUT2D eigenvalue weighted by molar-refractivity contribution is 5.86. The summed E-state index contributed by atoms with van der Waals surface area (Å²) in [6, 6.07) is 8.29. The largest absolute Gasteiger partial charge is 0.379 e. The number of carbonyl (C=O) groups is 2. The van der Waals surface area contributed by atoms with E-state index in [4.69, 9.17) is 5.73 Å². The summed E-state index contributed by atoms with van der Waals surface area (Å²) >= 11 is 0. The van der Waals surface area contributed by atoms with Gasteiger partial charge in [0.25, 0.3) is 5.91 Å². The van der Waals surface area contributed by atoms with Gasteiger partial charge in [-0.3, -0.25) is 9.59 Å². The summed E-state index contributed by atoms with van der Waals surface area (Å²) < 4.78 is 0. The van der Waals surface area contributed by atoms with Gasteiger partial charge in [0.2, 0.25) is 5.91 Å². The Bertz CT molecular complexity index is 630. The van der Waals surface area contributed by atoms with Crippen LogP contribution in [0.2, 0.25) is 0 Å². The van der Waals surface area contributed by atoms with E-state index in [1.807, 2.05) is 0 Å². The lowest BCUT2D eigenvalue weighted by Gasteiger charge is -2.40. The number of aliphatic hydroxyl groups is 1. The number of rotatable bonds is 8. The molecule has 0 saturated carbocycles. The fraction of sp³-hybridized carbons (Fsp3) is 0.600. The first kappa shape index (κ1) is 20.4. The molecule has 6 nitrogen and oxygen atoms in total. The molecule has 2 rings (SSSR count). The summed E-state index contributed by atoms with van der Waals surface area (Å²) in [6.45, 7) is 6.10. The first-order chi connectivity index (χ1) is 12.2. The third-order valence-corrected chi connectivity index (χ3v) is 4.99. The van der Waals surface area contributed by atoms with E-state index in [1.165, 1.54) is 5.56 Å². The van der Waals surface area contributed by atoms with Gasteiger partial charge in [-0.05, 0) is 36.9 Å². The van der Waals surface area contributed by atoms with Crippen LogP contribution >= 0.6 is 0 Å². The van der Waals surface area contributed by atoms with Crippen LogP contribution in [0.5, 0.6) is 0 Å². The quantitative estimate of drug-likeness (QED) is 0.734. The van der Waals surface area contributed by atoms with Crippen LogP contribution in [0.1, 0.15) is 50.2 Å². The van der Waals surface area contributed by atoms with E-state index in [2.05, 4.69) is 38.1 Å². The minimum absolute atomic E-state index is 0.210. The minimum atomic E-state index is -1.40. The van der Waals surface area contributed by atoms with Crippen molar-refractivity contribution in [3.05, 3.63) is 35.4 Å². The Labute approximate surface area is 156 Å². The molecular formula is C20H31N3O3. The van der Waals surface area contributed by atoms with Gasteiger partial charge in [0.15, 0.2) is 5.60 Å². The Kier molecular flexibility index (Phi) is 6.78. The summed E-state index contributed by atoms with van der Waals surface area (Å²) in [6.07, 6.45) is 1.41. The first-order valence-electron chi connectivity index (χ1n) is 9.29. The number of nitrogens with two attached hydrogens (primary N) is 1. The Morgan fingerprint density at radius 3 is 2.58 bits per heavy atom. The molecule has 1 saturated heterocycles. The summed E-state index contributed by atoms with van der Waals surface area (Å²) in [4.78, 5) is 27.3. The summed E-state index contributed by atoms with van der Waals surface area (Å²) in [7, 11) is 1.79. The molecule has 0 spiro atoms. The van der Waals surface area contributed by atoms with E-state index < -0.39 is 5.60 Å². The van der Waals surface area contributed by atoms with E-state index in [-0.39, 0.29) is 24.8 Å². The Hall–Kier alpha value is -1.92. The maximum Gasteiger partial charge on any atom is 0.256 e. The molecule has 1 aliphatic rings. The maximum absolute atomic E-state index is 12.9. The van der Waals surface area contributed by atoms with Crippen LogP contribution in [-0.2, 0) is 16.1 Å². The number of piperidine rings is 1. The molecule has 2 amide bonds. The molecule has 1 aromatic carbocycles. The molecule has 26 heavy (non-hydrogen) atoms. The SMILES string of the molecule is CC(C)c1ccc(CN2CCCC(O)(CN(C)CCC(N)=O)C2=O)cc1. The van der Waals surface area contributed by atoms with Crippen LogP contribution in [0.25, 0.3) is 0 Å². The second kappa shape index (κ2) is 8.64. The zero-order valence-corrected chi connectivity index (χ0v) is 16.1. The fourth-order valence-corrected chi connectivity index (χ4v) is 3.42. The highest BCUT2D eigenvalue weighted by Gasteiger charge is 2.42. The highest BCUT2D eigenvalue weighted by Crippen LogP contribution is 2.25.